The fraction of sp³-hybridized carbons (Fsp3) is 0.0769. The van der Waals surface area contributed by atoms with Crippen molar-refractivity contribution < 1.29 is 8.78 Å². The summed E-state index contributed by atoms with van der Waals surface area (Å²) in [5, 5.41) is 0. The third-order valence-electron chi connectivity index (χ3n) is 2.57. The molecule has 0 spiro atoms. The molecule has 2 aromatic carbocycles. The second-order valence-corrected chi connectivity index (χ2v) is 3.71. The van der Waals surface area contributed by atoms with Crippen molar-refractivity contribution >= 4 is 17.1 Å². The SMILES string of the molecule is CN(c1ccc(F)cc1)c1c(N)cccc1F. The summed E-state index contributed by atoms with van der Waals surface area (Å²) in [6.45, 7) is 0. The van der Waals surface area contributed by atoms with Crippen LogP contribution in [0.5, 0.6) is 0 Å². The molecule has 0 atom stereocenters. The van der Waals surface area contributed by atoms with Crippen molar-refractivity contribution in [2.24, 2.45) is 0 Å². The topological polar surface area (TPSA) is 29.3 Å². The number of halogens is 2. The Kier molecular flexibility index (Phi) is 2.95. The number of nitrogens with zero attached hydrogens (tertiary/aromatic N) is 1. The Morgan fingerprint density at radius 1 is 1.00 bits per heavy atom. The molecule has 17 heavy (non-hydrogen) atoms. The van der Waals surface area contributed by atoms with Gasteiger partial charge in [-0.25, -0.2) is 8.78 Å². The van der Waals surface area contributed by atoms with Crippen LogP contribution in [0.3, 0.4) is 0 Å². The van der Waals surface area contributed by atoms with Crippen molar-refractivity contribution in [1.82, 2.24) is 0 Å². The van der Waals surface area contributed by atoms with Gasteiger partial charge in [-0.3, -0.25) is 0 Å². The molecule has 0 bridgehead atoms. The third-order valence-corrected chi connectivity index (χ3v) is 2.57. The van der Waals surface area contributed by atoms with Gasteiger partial charge in [0.05, 0.1) is 5.69 Å². The summed E-state index contributed by atoms with van der Waals surface area (Å²) < 4.78 is 26.5. The van der Waals surface area contributed by atoms with Crippen molar-refractivity contribution in [3.05, 3.63) is 54.1 Å². The zero-order valence-corrected chi connectivity index (χ0v) is 9.32. The van der Waals surface area contributed by atoms with E-state index in [4.69, 9.17) is 5.73 Å². The molecular weight excluding hydrogens is 222 g/mol. The van der Waals surface area contributed by atoms with Crippen LogP contribution in [0.25, 0.3) is 0 Å². The van der Waals surface area contributed by atoms with Crippen LogP contribution in [0, 0.1) is 11.6 Å². The molecule has 0 aliphatic rings. The van der Waals surface area contributed by atoms with Crippen molar-refractivity contribution in [2.45, 2.75) is 0 Å². The average Bonchev–Trinajstić information content (AvgIpc) is 2.29. The van der Waals surface area contributed by atoms with Crippen molar-refractivity contribution in [2.75, 3.05) is 17.7 Å². The van der Waals surface area contributed by atoms with Gasteiger partial charge in [0.1, 0.15) is 17.3 Å². The predicted octanol–water partition coefficient (Wildman–Crippen LogP) is 3.31. The highest BCUT2D eigenvalue weighted by Crippen LogP contribution is 2.31. The molecule has 2 nitrogen and oxygen atoms in total. The van der Waals surface area contributed by atoms with E-state index in [1.165, 1.54) is 18.2 Å². The Morgan fingerprint density at radius 3 is 2.24 bits per heavy atom. The van der Waals surface area contributed by atoms with E-state index in [1.54, 1.807) is 36.2 Å². The van der Waals surface area contributed by atoms with Crippen LogP contribution in [0.4, 0.5) is 25.8 Å². The molecule has 0 radical (unpaired) electrons. The van der Waals surface area contributed by atoms with E-state index in [2.05, 4.69) is 0 Å². The van der Waals surface area contributed by atoms with Crippen LogP contribution in [0.1, 0.15) is 0 Å². The Balaban J connectivity index is 2.43. The zero-order chi connectivity index (χ0) is 12.4. The lowest BCUT2D eigenvalue weighted by Crippen LogP contribution is -2.13. The van der Waals surface area contributed by atoms with Gasteiger partial charge in [-0.1, -0.05) is 6.07 Å². The minimum Gasteiger partial charge on any atom is -0.397 e. The molecular formula is C13H12F2N2. The van der Waals surface area contributed by atoms with E-state index in [9.17, 15) is 8.78 Å². The first kappa shape index (κ1) is 11.4. The molecule has 88 valence electrons. The molecule has 2 rings (SSSR count). The molecule has 0 fully saturated rings. The summed E-state index contributed by atoms with van der Waals surface area (Å²) in [6, 6.07) is 10.3. The molecule has 0 aliphatic heterocycles. The van der Waals surface area contributed by atoms with E-state index >= 15 is 0 Å². The van der Waals surface area contributed by atoms with E-state index < -0.39 is 5.82 Å². The Morgan fingerprint density at radius 2 is 1.65 bits per heavy atom. The van der Waals surface area contributed by atoms with Crippen molar-refractivity contribution in [3.8, 4) is 0 Å². The van der Waals surface area contributed by atoms with Crippen molar-refractivity contribution in [1.29, 1.82) is 0 Å². The first-order valence-electron chi connectivity index (χ1n) is 5.13. The molecule has 0 heterocycles. The molecule has 0 saturated heterocycles. The number of hydrogen-bond donors (Lipinski definition) is 1. The highest BCUT2D eigenvalue weighted by molar-refractivity contribution is 5.74. The van der Waals surface area contributed by atoms with Crippen LogP contribution in [0.2, 0.25) is 0 Å². The fourth-order valence-corrected chi connectivity index (χ4v) is 1.68. The normalized spacial score (nSPS) is 10.3. The van der Waals surface area contributed by atoms with Crippen molar-refractivity contribution in [3.63, 3.8) is 0 Å². The molecule has 0 aliphatic carbocycles. The number of nitrogens with two attached hydrogens (primary N) is 1. The number of nitrogen functional groups attached to an aromatic ring is 1. The maximum absolute atomic E-state index is 13.7. The molecule has 2 aromatic rings. The molecule has 0 saturated carbocycles. The number of rotatable bonds is 2. The van der Waals surface area contributed by atoms with Crippen LogP contribution in [-0.2, 0) is 0 Å². The van der Waals surface area contributed by atoms with Gasteiger partial charge in [0.2, 0.25) is 0 Å². The van der Waals surface area contributed by atoms with E-state index in [1.807, 2.05) is 0 Å². The smallest absolute Gasteiger partial charge is 0.148 e. The minimum absolute atomic E-state index is 0.291. The summed E-state index contributed by atoms with van der Waals surface area (Å²) in [5.74, 6) is -0.736. The molecule has 2 N–H and O–H groups in total. The van der Waals surface area contributed by atoms with Gasteiger partial charge in [-0.05, 0) is 36.4 Å². The summed E-state index contributed by atoms with van der Waals surface area (Å²) >= 11 is 0. The summed E-state index contributed by atoms with van der Waals surface area (Å²) in [5.41, 5.74) is 7.04. The van der Waals surface area contributed by atoms with E-state index in [0.717, 1.165) is 0 Å². The molecule has 0 unspecified atom stereocenters. The quantitative estimate of drug-likeness (QED) is 0.808. The number of benzene rings is 2. The first-order chi connectivity index (χ1) is 8.09. The highest BCUT2D eigenvalue weighted by atomic mass is 19.1. The van der Waals surface area contributed by atoms with Gasteiger partial charge in [0.25, 0.3) is 0 Å². The van der Waals surface area contributed by atoms with Crippen LogP contribution >= 0.6 is 0 Å². The van der Waals surface area contributed by atoms with Crippen LogP contribution in [0.15, 0.2) is 42.5 Å². The molecule has 0 amide bonds. The van der Waals surface area contributed by atoms with Gasteiger partial charge in [-0.2, -0.15) is 0 Å². The lowest BCUT2D eigenvalue weighted by Gasteiger charge is -2.21. The number of anilines is 3. The van der Waals surface area contributed by atoms with Gasteiger partial charge >= 0.3 is 0 Å². The van der Waals surface area contributed by atoms with Crippen LogP contribution < -0.4 is 10.6 Å². The van der Waals surface area contributed by atoms with Crippen LogP contribution in [-0.4, -0.2) is 7.05 Å². The Hall–Kier alpha value is -2.10. The van der Waals surface area contributed by atoms with E-state index in [-0.39, 0.29) is 5.82 Å². The zero-order valence-electron chi connectivity index (χ0n) is 9.32. The predicted molar refractivity (Wildman–Crippen MR) is 65.3 cm³/mol. The minimum atomic E-state index is -0.406. The van der Waals surface area contributed by atoms with Gasteiger partial charge in [-0.15, -0.1) is 0 Å². The molecule has 0 aromatic heterocycles. The maximum atomic E-state index is 13.7. The third kappa shape index (κ3) is 2.20. The molecule has 4 heteroatoms. The number of para-hydroxylation sites is 1. The monoisotopic (exact) mass is 234 g/mol. The lowest BCUT2D eigenvalue weighted by molar-refractivity contribution is 0.626. The van der Waals surface area contributed by atoms with Gasteiger partial charge < -0.3 is 10.6 Å². The summed E-state index contributed by atoms with van der Waals surface area (Å²) in [4.78, 5) is 1.59. The lowest BCUT2D eigenvalue weighted by atomic mass is 10.2. The van der Waals surface area contributed by atoms with Gasteiger partial charge in [0, 0.05) is 12.7 Å². The first-order valence-corrected chi connectivity index (χ1v) is 5.13. The standard InChI is InChI=1S/C13H12F2N2/c1-17(10-7-5-9(14)6-8-10)13-11(15)3-2-4-12(13)16/h2-8H,16H2,1H3. The highest BCUT2D eigenvalue weighted by Gasteiger charge is 2.12. The Labute approximate surface area is 98.3 Å². The fourth-order valence-electron chi connectivity index (χ4n) is 1.68. The average molecular weight is 234 g/mol. The number of hydrogen-bond acceptors (Lipinski definition) is 2. The summed E-state index contributed by atoms with van der Waals surface area (Å²) in [7, 11) is 1.68. The second kappa shape index (κ2) is 4.41. The van der Waals surface area contributed by atoms with E-state index in [0.29, 0.717) is 17.1 Å². The maximum Gasteiger partial charge on any atom is 0.148 e. The Bertz CT molecular complexity index is 503. The summed E-state index contributed by atoms with van der Waals surface area (Å²) in [6.07, 6.45) is 0. The van der Waals surface area contributed by atoms with Gasteiger partial charge in [0.15, 0.2) is 0 Å². The largest absolute Gasteiger partial charge is 0.397 e. The second-order valence-electron chi connectivity index (χ2n) is 3.71.